The molecule has 0 aliphatic carbocycles. The average Bonchev–Trinajstić information content (AvgIpc) is 2.86. The summed E-state index contributed by atoms with van der Waals surface area (Å²) >= 11 is 1.43. The van der Waals surface area contributed by atoms with E-state index in [9.17, 15) is 9.18 Å². The highest BCUT2D eigenvalue weighted by Crippen LogP contribution is 2.28. The van der Waals surface area contributed by atoms with Gasteiger partial charge in [0.1, 0.15) is 5.82 Å². The van der Waals surface area contributed by atoms with Gasteiger partial charge in [-0.1, -0.05) is 18.2 Å². The maximum atomic E-state index is 13.2. The Morgan fingerprint density at radius 3 is 2.52 bits per heavy atom. The zero-order chi connectivity index (χ0) is 15.0. The van der Waals surface area contributed by atoms with Gasteiger partial charge in [-0.15, -0.1) is 11.3 Å². The van der Waals surface area contributed by atoms with Gasteiger partial charge in [-0.05, 0) is 60.2 Å². The molecule has 0 aliphatic rings. The molecule has 0 saturated carbocycles. The number of Topliss-reactive ketones (excluding diaryl/α,β-unsaturated/α-hetero) is 1. The highest BCUT2D eigenvalue weighted by Gasteiger charge is 2.14. The van der Waals surface area contributed by atoms with E-state index in [2.05, 4.69) is 0 Å². The smallest absolute Gasteiger partial charge is 0.177 e. The summed E-state index contributed by atoms with van der Waals surface area (Å²) in [5, 5.41) is 0.796. The highest BCUT2D eigenvalue weighted by molar-refractivity contribution is 7.20. The van der Waals surface area contributed by atoms with Gasteiger partial charge in [0, 0.05) is 11.1 Å². The Balaban J connectivity index is 1.94. The summed E-state index contributed by atoms with van der Waals surface area (Å²) in [7, 11) is 0. The molecule has 106 valence electrons. The van der Waals surface area contributed by atoms with Crippen molar-refractivity contribution >= 4 is 27.2 Å². The quantitative estimate of drug-likeness (QED) is 0.616. The minimum atomic E-state index is -0.269. The molecule has 0 unspecified atom stereocenters. The summed E-state index contributed by atoms with van der Waals surface area (Å²) in [6, 6.07) is 12.5. The van der Waals surface area contributed by atoms with E-state index in [0.29, 0.717) is 11.3 Å². The van der Waals surface area contributed by atoms with Crippen molar-refractivity contribution in [1.82, 2.24) is 0 Å². The second kappa shape index (κ2) is 5.41. The van der Waals surface area contributed by atoms with Crippen LogP contribution in [0.5, 0.6) is 0 Å². The average molecular weight is 298 g/mol. The van der Waals surface area contributed by atoms with E-state index in [1.807, 2.05) is 32.0 Å². The van der Waals surface area contributed by atoms with Crippen LogP contribution in [0.3, 0.4) is 0 Å². The summed E-state index contributed by atoms with van der Waals surface area (Å²) in [4.78, 5) is 13.2. The Morgan fingerprint density at radius 2 is 1.81 bits per heavy atom. The van der Waals surface area contributed by atoms with Gasteiger partial charge in [0.15, 0.2) is 5.78 Å². The van der Waals surface area contributed by atoms with Crippen molar-refractivity contribution in [2.45, 2.75) is 20.3 Å². The number of fused-ring (bicyclic) bond motifs is 1. The number of thiophene rings is 1. The maximum Gasteiger partial charge on any atom is 0.177 e. The molecule has 21 heavy (non-hydrogen) atoms. The van der Waals surface area contributed by atoms with Gasteiger partial charge < -0.3 is 0 Å². The lowest BCUT2D eigenvalue weighted by atomic mass is 9.98. The molecule has 0 aliphatic heterocycles. The molecule has 3 aromatic rings. The SMILES string of the molecule is Cc1cccc(C)c1CC(=O)c1cc2cc(F)ccc2s1. The third-order valence-corrected chi connectivity index (χ3v) is 4.89. The molecule has 0 radical (unpaired) electrons. The highest BCUT2D eigenvalue weighted by atomic mass is 32.1. The maximum absolute atomic E-state index is 13.2. The Hall–Kier alpha value is -2.00. The van der Waals surface area contributed by atoms with Gasteiger partial charge in [0.05, 0.1) is 4.88 Å². The molecule has 0 spiro atoms. The van der Waals surface area contributed by atoms with Crippen LogP contribution >= 0.6 is 11.3 Å². The van der Waals surface area contributed by atoms with E-state index < -0.39 is 0 Å². The summed E-state index contributed by atoms with van der Waals surface area (Å²) in [6.07, 6.45) is 0.397. The van der Waals surface area contributed by atoms with Gasteiger partial charge in [-0.2, -0.15) is 0 Å². The summed E-state index contributed by atoms with van der Waals surface area (Å²) in [6.45, 7) is 4.05. The molecule has 0 saturated heterocycles. The first-order valence-corrected chi connectivity index (χ1v) is 7.63. The number of carbonyl (C=O) groups excluding carboxylic acids is 1. The van der Waals surface area contributed by atoms with Crippen LogP contribution in [0.4, 0.5) is 4.39 Å². The third kappa shape index (κ3) is 2.74. The van der Waals surface area contributed by atoms with Crippen LogP contribution in [0.1, 0.15) is 26.4 Å². The fourth-order valence-corrected chi connectivity index (χ4v) is 3.51. The van der Waals surface area contributed by atoms with E-state index in [1.165, 1.54) is 23.5 Å². The van der Waals surface area contributed by atoms with Crippen molar-refractivity contribution < 1.29 is 9.18 Å². The summed E-state index contributed by atoms with van der Waals surface area (Å²) in [5.41, 5.74) is 3.36. The number of halogens is 1. The monoisotopic (exact) mass is 298 g/mol. The first kappa shape index (κ1) is 14.0. The predicted molar refractivity (Wildman–Crippen MR) is 85.7 cm³/mol. The van der Waals surface area contributed by atoms with Gasteiger partial charge in [-0.25, -0.2) is 4.39 Å². The second-order valence-electron chi connectivity index (χ2n) is 5.26. The van der Waals surface area contributed by atoms with Gasteiger partial charge in [0.2, 0.25) is 0 Å². The number of ketones is 1. The molecule has 3 heteroatoms. The molecule has 0 bridgehead atoms. The third-order valence-electron chi connectivity index (χ3n) is 3.73. The largest absolute Gasteiger partial charge is 0.293 e. The van der Waals surface area contributed by atoms with E-state index >= 15 is 0 Å². The van der Waals surface area contributed by atoms with E-state index in [-0.39, 0.29) is 11.6 Å². The number of carbonyl (C=O) groups is 1. The number of hydrogen-bond acceptors (Lipinski definition) is 2. The molecule has 1 heterocycles. The molecule has 2 aromatic carbocycles. The zero-order valence-electron chi connectivity index (χ0n) is 11.9. The van der Waals surface area contributed by atoms with Gasteiger partial charge >= 0.3 is 0 Å². The fourth-order valence-electron chi connectivity index (χ4n) is 2.53. The van der Waals surface area contributed by atoms with Crippen LogP contribution in [-0.4, -0.2) is 5.78 Å². The van der Waals surface area contributed by atoms with E-state index in [1.54, 1.807) is 12.1 Å². The van der Waals surface area contributed by atoms with Crippen LogP contribution in [0.2, 0.25) is 0 Å². The first-order chi connectivity index (χ1) is 10.0. The number of aryl methyl sites for hydroxylation is 2. The Morgan fingerprint density at radius 1 is 1.10 bits per heavy atom. The lowest BCUT2D eigenvalue weighted by Gasteiger charge is -2.07. The normalized spacial score (nSPS) is 11.0. The van der Waals surface area contributed by atoms with Crippen LogP contribution in [0.15, 0.2) is 42.5 Å². The molecular weight excluding hydrogens is 283 g/mol. The lowest BCUT2D eigenvalue weighted by Crippen LogP contribution is -2.04. The van der Waals surface area contributed by atoms with Crippen molar-refractivity contribution in [1.29, 1.82) is 0 Å². The lowest BCUT2D eigenvalue weighted by molar-refractivity contribution is 0.0996. The van der Waals surface area contributed by atoms with Crippen molar-refractivity contribution in [3.8, 4) is 0 Å². The molecule has 0 fully saturated rings. The Kier molecular flexibility index (Phi) is 3.60. The molecule has 0 amide bonds. The summed E-state index contributed by atoms with van der Waals surface area (Å²) < 4.78 is 14.2. The molecular formula is C18H15FOS. The first-order valence-electron chi connectivity index (χ1n) is 6.82. The molecule has 1 nitrogen and oxygen atoms in total. The minimum absolute atomic E-state index is 0.0917. The standard InChI is InChI=1S/C18H15FOS/c1-11-4-3-5-12(2)15(11)10-16(20)18-9-13-8-14(19)6-7-17(13)21-18/h3-9H,10H2,1-2H3. The number of rotatable bonds is 3. The molecule has 0 atom stereocenters. The topological polar surface area (TPSA) is 17.1 Å². The predicted octanol–water partition coefficient (Wildman–Crippen LogP) is 5.08. The van der Waals surface area contributed by atoms with Crippen LogP contribution in [0, 0.1) is 19.7 Å². The molecule has 1 aromatic heterocycles. The van der Waals surface area contributed by atoms with Crippen molar-refractivity contribution in [3.63, 3.8) is 0 Å². The van der Waals surface area contributed by atoms with Crippen molar-refractivity contribution in [3.05, 3.63) is 69.8 Å². The van der Waals surface area contributed by atoms with E-state index in [0.717, 1.165) is 26.8 Å². The van der Waals surface area contributed by atoms with Crippen LogP contribution < -0.4 is 0 Å². The van der Waals surface area contributed by atoms with Crippen molar-refractivity contribution in [2.75, 3.05) is 0 Å². The summed E-state index contributed by atoms with van der Waals surface area (Å²) in [5.74, 6) is -0.178. The van der Waals surface area contributed by atoms with E-state index in [4.69, 9.17) is 0 Å². The second-order valence-corrected chi connectivity index (χ2v) is 6.35. The molecule has 0 N–H and O–H groups in total. The zero-order valence-corrected chi connectivity index (χ0v) is 12.8. The Bertz CT molecular complexity index is 812. The van der Waals surface area contributed by atoms with Crippen LogP contribution in [-0.2, 0) is 6.42 Å². The fraction of sp³-hybridized carbons (Fsp3) is 0.167. The van der Waals surface area contributed by atoms with Gasteiger partial charge in [-0.3, -0.25) is 4.79 Å². The van der Waals surface area contributed by atoms with Crippen LogP contribution in [0.25, 0.3) is 10.1 Å². The van der Waals surface area contributed by atoms with Gasteiger partial charge in [0.25, 0.3) is 0 Å². The Labute approximate surface area is 127 Å². The minimum Gasteiger partial charge on any atom is -0.293 e. The van der Waals surface area contributed by atoms with Crippen molar-refractivity contribution in [2.24, 2.45) is 0 Å². The molecule has 3 rings (SSSR count). The number of hydrogen-bond donors (Lipinski definition) is 0. The number of benzene rings is 2.